The van der Waals surface area contributed by atoms with Gasteiger partial charge in [0.2, 0.25) is 0 Å². The van der Waals surface area contributed by atoms with Crippen LogP contribution in [0.3, 0.4) is 0 Å². The fraction of sp³-hybridized carbons (Fsp3) is 0.444. The summed E-state index contributed by atoms with van der Waals surface area (Å²) in [6, 6.07) is 6.41. The summed E-state index contributed by atoms with van der Waals surface area (Å²) in [4.78, 5) is 0. The lowest BCUT2D eigenvalue weighted by Gasteiger charge is -2.17. The first-order chi connectivity index (χ1) is 9.49. The standard InChI is InChI=1S/C18H24O2/c1-6-14-8-9-15(7-2)16(10-14)18(19)17-11(3)12(4)20-13(17)5/h8-10,18-19H,6-7H2,1-5H3. The van der Waals surface area contributed by atoms with Crippen LogP contribution >= 0.6 is 0 Å². The predicted molar refractivity (Wildman–Crippen MR) is 82.2 cm³/mol. The molecule has 0 spiro atoms. The number of hydrogen-bond donors (Lipinski definition) is 1. The summed E-state index contributed by atoms with van der Waals surface area (Å²) < 4.78 is 5.66. The van der Waals surface area contributed by atoms with Gasteiger partial charge in [-0.25, -0.2) is 0 Å². The molecule has 1 atom stereocenters. The van der Waals surface area contributed by atoms with E-state index in [0.29, 0.717) is 0 Å². The van der Waals surface area contributed by atoms with E-state index < -0.39 is 6.10 Å². The van der Waals surface area contributed by atoms with Crippen molar-refractivity contribution in [2.75, 3.05) is 0 Å². The van der Waals surface area contributed by atoms with Crippen LogP contribution in [0.4, 0.5) is 0 Å². The lowest BCUT2D eigenvalue weighted by Crippen LogP contribution is -2.06. The molecule has 1 heterocycles. The van der Waals surface area contributed by atoms with Crippen molar-refractivity contribution >= 4 is 0 Å². The molecule has 1 aromatic carbocycles. The lowest BCUT2D eigenvalue weighted by molar-refractivity contribution is 0.216. The fourth-order valence-electron chi connectivity index (χ4n) is 2.81. The van der Waals surface area contributed by atoms with Crippen LogP contribution in [0.25, 0.3) is 0 Å². The number of hydrogen-bond acceptors (Lipinski definition) is 2. The maximum absolute atomic E-state index is 10.8. The van der Waals surface area contributed by atoms with Crippen LogP contribution in [0, 0.1) is 20.8 Å². The van der Waals surface area contributed by atoms with Crippen LogP contribution in [-0.2, 0) is 12.8 Å². The van der Waals surface area contributed by atoms with Gasteiger partial charge >= 0.3 is 0 Å². The molecule has 0 aliphatic heterocycles. The van der Waals surface area contributed by atoms with Gasteiger partial charge in [0.1, 0.15) is 17.6 Å². The van der Waals surface area contributed by atoms with Crippen molar-refractivity contribution in [3.63, 3.8) is 0 Å². The molecule has 0 amide bonds. The topological polar surface area (TPSA) is 33.4 Å². The van der Waals surface area contributed by atoms with Gasteiger partial charge in [0, 0.05) is 5.56 Å². The quantitative estimate of drug-likeness (QED) is 0.894. The third-order valence-corrected chi connectivity index (χ3v) is 4.19. The molecule has 0 saturated heterocycles. The van der Waals surface area contributed by atoms with Crippen molar-refractivity contribution in [3.05, 3.63) is 57.5 Å². The van der Waals surface area contributed by atoms with E-state index in [1.54, 1.807) is 0 Å². The van der Waals surface area contributed by atoms with Gasteiger partial charge in [-0.3, -0.25) is 0 Å². The molecular weight excluding hydrogens is 248 g/mol. The van der Waals surface area contributed by atoms with E-state index in [0.717, 1.165) is 41.1 Å². The van der Waals surface area contributed by atoms with Crippen molar-refractivity contribution in [2.24, 2.45) is 0 Å². The Balaban J connectivity index is 2.54. The third kappa shape index (κ3) is 2.53. The fourth-order valence-corrected chi connectivity index (χ4v) is 2.81. The second-order valence-electron chi connectivity index (χ2n) is 5.40. The smallest absolute Gasteiger partial charge is 0.108 e. The Morgan fingerprint density at radius 3 is 2.25 bits per heavy atom. The highest BCUT2D eigenvalue weighted by molar-refractivity contribution is 5.43. The minimum atomic E-state index is -0.603. The van der Waals surface area contributed by atoms with E-state index in [1.165, 1.54) is 11.1 Å². The largest absolute Gasteiger partial charge is 0.466 e. The zero-order valence-corrected chi connectivity index (χ0v) is 13.1. The van der Waals surface area contributed by atoms with E-state index in [2.05, 4.69) is 32.0 Å². The van der Waals surface area contributed by atoms with Crippen LogP contribution in [-0.4, -0.2) is 5.11 Å². The van der Waals surface area contributed by atoms with E-state index >= 15 is 0 Å². The van der Waals surface area contributed by atoms with Gasteiger partial charge in [0.05, 0.1) is 0 Å². The van der Waals surface area contributed by atoms with Crippen molar-refractivity contribution in [3.8, 4) is 0 Å². The molecule has 0 radical (unpaired) electrons. The first-order valence-electron chi connectivity index (χ1n) is 7.35. The maximum atomic E-state index is 10.8. The third-order valence-electron chi connectivity index (χ3n) is 4.19. The average Bonchev–Trinajstić information content (AvgIpc) is 2.70. The number of rotatable bonds is 4. The van der Waals surface area contributed by atoms with Gasteiger partial charge in [-0.1, -0.05) is 32.0 Å². The average molecular weight is 272 g/mol. The zero-order chi connectivity index (χ0) is 14.9. The Hall–Kier alpha value is -1.54. The minimum Gasteiger partial charge on any atom is -0.466 e. The molecule has 1 aromatic heterocycles. The Morgan fingerprint density at radius 2 is 1.75 bits per heavy atom. The molecule has 0 fully saturated rings. The number of benzene rings is 1. The summed E-state index contributed by atoms with van der Waals surface area (Å²) in [5, 5.41) is 10.8. The zero-order valence-electron chi connectivity index (χ0n) is 13.1. The van der Waals surface area contributed by atoms with E-state index in [-0.39, 0.29) is 0 Å². The molecule has 108 valence electrons. The van der Waals surface area contributed by atoms with Gasteiger partial charge < -0.3 is 9.52 Å². The molecule has 20 heavy (non-hydrogen) atoms. The summed E-state index contributed by atoms with van der Waals surface area (Å²) in [5.74, 6) is 1.71. The van der Waals surface area contributed by atoms with Crippen molar-refractivity contribution < 1.29 is 9.52 Å². The molecule has 1 N–H and O–H groups in total. The van der Waals surface area contributed by atoms with Crippen LogP contribution in [0.5, 0.6) is 0 Å². The van der Waals surface area contributed by atoms with Crippen molar-refractivity contribution in [2.45, 2.75) is 53.6 Å². The van der Waals surface area contributed by atoms with Crippen molar-refractivity contribution in [1.82, 2.24) is 0 Å². The molecule has 0 aliphatic rings. The number of aryl methyl sites for hydroxylation is 4. The van der Waals surface area contributed by atoms with Gasteiger partial charge in [-0.05, 0) is 55.9 Å². The number of aliphatic hydroxyl groups is 1. The van der Waals surface area contributed by atoms with Gasteiger partial charge in [-0.2, -0.15) is 0 Å². The SMILES string of the molecule is CCc1ccc(CC)c(C(O)c2c(C)oc(C)c2C)c1. The monoisotopic (exact) mass is 272 g/mol. The van der Waals surface area contributed by atoms with E-state index in [4.69, 9.17) is 4.42 Å². The van der Waals surface area contributed by atoms with Crippen LogP contribution in [0.2, 0.25) is 0 Å². The second kappa shape index (κ2) is 5.84. The number of furan rings is 1. The second-order valence-corrected chi connectivity index (χ2v) is 5.40. The van der Waals surface area contributed by atoms with Gasteiger partial charge in [-0.15, -0.1) is 0 Å². The molecule has 2 aromatic rings. The highest BCUT2D eigenvalue weighted by Gasteiger charge is 2.22. The van der Waals surface area contributed by atoms with E-state index in [1.807, 2.05) is 20.8 Å². The molecule has 2 nitrogen and oxygen atoms in total. The van der Waals surface area contributed by atoms with Gasteiger partial charge in [0.25, 0.3) is 0 Å². The molecule has 1 unspecified atom stereocenters. The van der Waals surface area contributed by atoms with Gasteiger partial charge in [0.15, 0.2) is 0 Å². The summed E-state index contributed by atoms with van der Waals surface area (Å²) in [6.45, 7) is 10.1. The minimum absolute atomic E-state index is 0.603. The molecule has 0 bridgehead atoms. The molecule has 0 saturated carbocycles. The lowest BCUT2D eigenvalue weighted by atomic mass is 9.91. The van der Waals surface area contributed by atoms with Crippen LogP contribution in [0.1, 0.15) is 59.3 Å². The highest BCUT2D eigenvalue weighted by Crippen LogP contribution is 2.33. The van der Waals surface area contributed by atoms with Crippen LogP contribution < -0.4 is 0 Å². The van der Waals surface area contributed by atoms with Crippen molar-refractivity contribution in [1.29, 1.82) is 0 Å². The van der Waals surface area contributed by atoms with Crippen LogP contribution in [0.15, 0.2) is 22.6 Å². The Labute approximate surface area is 121 Å². The predicted octanol–water partition coefficient (Wildman–Crippen LogP) is 4.41. The number of aliphatic hydroxyl groups excluding tert-OH is 1. The Bertz CT molecular complexity index is 608. The molecule has 2 heteroatoms. The Kier molecular flexibility index (Phi) is 4.34. The normalized spacial score (nSPS) is 12.7. The molecular formula is C18H24O2. The summed E-state index contributed by atoms with van der Waals surface area (Å²) in [5.41, 5.74) is 5.45. The first-order valence-corrected chi connectivity index (χ1v) is 7.35. The highest BCUT2D eigenvalue weighted by atomic mass is 16.3. The maximum Gasteiger partial charge on any atom is 0.108 e. The first kappa shape index (κ1) is 14.9. The molecule has 0 aliphatic carbocycles. The summed E-state index contributed by atoms with van der Waals surface area (Å²) in [7, 11) is 0. The summed E-state index contributed by atoms with van der Waals surface area (Å²) >= 11 is 0. The summed E-state index contributed by atoms with van der Waals surface area (Å²) in [6.07, 6.45) is 1.30. The molecule has 2 rings (SSSR count). The van der Waals surface area contributed by atoms with E-state index in [9.17, 15) is 5.11 Å². The Morgan fingerprint density at radius 1 is 1.05 bits per heavy atom.